The first-order chi connectivity index (χ1) is 52.1. The monoisotopic (exact) mass is 1500 g/mol. The minimum absolute atomic E-state index is 0.0412. The van der Waals surface area contributed by atoms with Crippen molar-refractivity contribution in [2.45, 2.75) is 169 Å². The third kappa shape index (κ3) is 21.4. The van der Waals surface area contributed by atoms with E-state index in [2.05, 4.69) is 84.5 Å². The number of allylic oxidation sites excluding steroid dienone is 12. The number of aromatic nitrogens is 4. The van der Waals surface area contributed by atoms with Crippen molar-refractivity contribution in [2.24, 2.45) is 26.8 Å². The molecule has 30 heteroatoms. The summed E-state index contributed by atoms with van der Waals surface area (Å²) in [4.78, 5) is 133. The normalized spacial score (nSPS) is 17.8. The van der Waals surface area contributed by atoms with E-state index in [1.807, 2.05) is 45.1 Å². The summed E-state index contributed by atoms with van der Waals surface area (Å²) >= 11 is 0. The number of rotatable bonds is 44. The molecule has 3 aromatic rings. The number of amides is 3. The van der Waals surface area contributed by atoms with Crippen molar-refractivity contribution >= 4 is 81.2 Å². The molecule has 1 aliphatic carbocycles. The van der Waals surface area contributed by atoms with E-state index in [4.69, 9.17) is 39.7 Å². The number of aliphatic hydroxyl groups excluding tert-OH is 1. The van der Waals surface area contributed by atoms with Crippen LogP contribution in [0, 0.1) is 11.8 Å². The number of carbonyl (C=O) groups excluding carboxylic acids is 5. The summed E-state index contributed by atoms with van der Waals surface area (Å²) in [6, 6.07) is 3.88. The molecule has 0 radical (unpaired) electrons. The zero-order valence-corrected chi connectivity index (χ0v) is 63.7. The van der Waals surface area contributed by atoms with E-state index in [-0.39, 0.29) is 110 Å². The van der Waals surface area contributed by atoms with Crippen LogP contribution < -0.4 is 48.5 Å². The number of fused-ring (bicyclic) bond motifs is 6. The number of nitrogens with one attached hydrogen (secondary N) is 8. The van der Waals surface area contributed by atoms with Crippen LogP contribution >= 0.6 is 0 Å². The van der Waals surface area contributed by atoms with Gasteiger partial charge in [0.25, 0.3) is 11.5 Å². The van der Waals surface area contributed by atoms with Gasteiger partial charge < -0.3 is 77.2 Å². The fourth-order valence-corrected chi connectivity index (χ4v) is 13.6. The number of anilines is 2. The Morgan fingerprint density at radius 1 is 0.743 bits per heavy atom. The van der Waals surface area contributed by atoms with Crippen molar-refractivity contribution in [2.75, 3.05) is 83.5 Å². The molecule has 1 fully saturated rings. The summed E-state index contributed by atoms with van der Waals surface area (Å²) in [5, 5.41) is 53.1. The predicted molar refractivity (Wildman–Crippen MR) is 413 cm³/mol. The second-order valence-electron chi connectivity index (χ2n) is 28.4. The van der Waals surface area contributed by atoms with E-state index in [0.29, 0.717) is 120 Å². The van der Waals surface area contributed by atoms with Crippen molar-refractivity contribution in [3.8, 4) is 0 Å². The molecule has 5 atom stereocenters. The summed E-state index contributed by atoms with van der Waals surface area (Å²) in [5.74, 6) is -4.44. The van der Waals surface area contributed by atoms with Crippen LogP contribution in [0.2, 0.25) is 0 Å². The standard InChI is InChI=1S/C79H103N15O15/c1-11-51-44(4)57-37-59-46(6)53(69(90-59)54-36-63(95)68-47(7)60(91-70(54)68)39-62-52(12-2)45(5)58(88-62)38-61(51)87-57)23-26-66(98)89-55(75(102)103)18-14-15-28-84-78(8,9)65(97)42-109-43-67(99)81-27-16-30-106-32-34-108-35-33-107-31-17-29-85-79(10,13-3)64(96)25-24-56(76(104)105)92-73(100)48-19-21-49(22-20-48)82-40-50-41-83-72-71(86-50)74(101)94-77(80)93-72/h11,19-22,37-39,41,46,53,55-56,82,84-85,90,95H,1,12-18,23-36,40,42-43H2,2-10H3,(H,81,99)(H,89,98)(H,92,100)(H,102,103)(H,104,105)(H3,80,83,93,94,101)/t46-,53?,55?,56-,79?/m0/s1. The van der Waals surface area contributed by atoms with E-state index in [9.17, 15) is 53.7 Å². The first-order valence-electron chi connectivity index (χ1n) is 37.3. The number of nitrogen functional groups attached to an aromatic ring is 1. The highest BCUT2D eigenvalue weighted by Crippen LogP contribution is 2.47. The second-order valence-corrected chi connectivity index (χ2v) is 28.4. The summed E-state index contributed by atoms with van der Waals surface area (Å²) in [6.07, 6.45) is 13.3. The summed E-state index contributed by atoms with van der Waals surface area (Å²) in [7, 11) is 0. The Morgan fingerprint density at radius 2 is 1.41 bits per heavy atom. The van der Waals surface area contributed by atoms with E-state index < -0.39 is 52.5 Å². The molecule has 3 amide bonds. The highest BCUT2D eigenvalue weighted by molar-refractivity contribution is 6.21. The van der Waals surface area contributed by atoms with Crippen LogP contribution in [0.25, 0.3) is 11.2 Å². The van der Waals surface area contributed by atoms with Gasteiger partial charge in [0.05, 0.1) is 90.2 Å². The van der Waals surface area contributed by atoms with Crippen LogP contribution in [0.5, 0.6) is 0 Å². The maximum atomic E-state index is 13.7. The molecule has 2 aromatic heterocycles. The summed E-state index contributed by atoms with van der Waals surface area (Å²) in [5.41, 5.74) is 17.4. The first kappa shape index (κ1) is 82.8. The van der Waals surface area contributed by atoms with Gasteiger partial charge in [0.15, 0.2) is 22.7 Å². The van der Waals surface area contributed by atoms with Crippen LogP contribution in [0.4, 0.5) is 11.6 Å². The number of nitrogens with zero attached hydrogens (tertiary/aromatic N) is 6. The van der Waals surface area contributed by atoms with Gasteiger partial charge in [-0.3, -0.25) is 33.8 Å². The maximum absolute atomic E-state index is 13.7. The molecular formula is C79H103N15O15. The third-order valence-corrected chi connectivity index (χ3v) is 20.5. The Balaban J connectivity index is 0.588. The number of carbonyl (C=O) groups is 7. The Labute approximate surface area is 633 Å². The number of nitrogens with two attached hydrogens (primary N) is 1. The van der Waals surface area contributed by atoms with Crippen molar-refractivity contribution in [1.82, 2.24) is 51.8 Å². The molecule has 109 heavy (non-hydrogen) atoms. The zero-order chi connectivity index (χ0) is 78.7. The molecule has 0 saturated carbocycles. The molecule has 9 rings (SSSR count). The van der Waals surface area contributed by atoms with E-state index in [0.717, 1.165) is 79.8 Å². The number of hydrogen-bond donors (Lipinski definition) is 12. The number of aliphatic imine (C=N–C) groups is 3. The number of carboxylic acid groups (broad SMARTS) is 2. The van der Waals surface area contributed by atoms with Crippen LogP contribution in [0.15, 0.2) is 154 Å². The predicted octanol–water partition coefficient (Wildman–Crippen LogP) is 7.48. The van der Waals surface area contributed by atoms with Gasteiger partial charge in [-0.2, -0.15) is 4.98 Å². The third-order valence-electron chi connectivity index (χ3n) is 20.5. The molecule has 3 unspecified atom stereocenters. The number of Topliss-reactive ketones (excluding diaryl/α,β-unsaturated/α-hetero) is 2. The number of aliphatic carboxylic acids is 2. The molecule has 8 bridgehead atoms. The molecule has 5 aliphatic heterocycles. The van der Waals surface area contributed by atoms with Crippen LogP contribution in [0.1, 0.15) is 155 Å². The molecule has 584 valence electrons. The first-order valence-corrected chi connectivity index (χ1v) is 37.3. The number of ether oxygens (including phenoxy) is 4. The SMILES string of the molecule is C=CC1=C(C)C2=NC1=CC1=NC(=CC3=C(C)C4=C(O)CC(=C5NC(=C2)[C@@H](C)C5CCC(=O)NC(CCCCNC(C)(C)C(=O)COCC(=O)NCCCOCCOCCOCCCNC(C)(CC)C(=O)CC[C@H](NC(=O)c2ccc(NCc5cnc6nc(N)[nH]c(=O)c6n5)cc2)C(=O)O)C(=O)O)C4=N3)C(CC)=C1C. The lowest BCUT2D eigenvalue weighted by molar-refractivity contribution is -0.142. The minimum Gasteiger partial charge on any atom is -0.511 e. The lowest BCUT2D eigenvalue weighted by atomic mass is 9.86. The van der Waals surface area contributed by atoms with Gasteiger partial charge in [-0.25, -0.2) is 34.5 Å². The number of ketones is 2. The fourth-order valence-electron chi connectivity index (χ4n) is 13.6. The van der Waals surface area contributed by atoms with Gasteiger partial charge in [0.2, 0.25) is 17.8 Å². The van der Waals surface area contributed by atoms with Crippen LogP contribution in [-0.2, 0) is 54.3 Å². The molecule has 7 heterocycles. The van der Waals surface area contributed by atoms with Gasteiger partial charge in [-0.15, -0.1) is 0 Å². The topological polar surface area (TPSA) is 436 Å². The number of benzene rings is 1. The average Bonchev–Trinajstić information content (AvgIpc) is 1.58. The zero-order valence-electron chi connectivity index (χ0n) is 63.7. The van der Waals surface area contributed by atoms with Crippen molar-refractivity contribution in [1.29, 1.82) is 0 Å². The van der Waals surface area contributed by atoms with Gasteiger partial charge in [0.1, 0.15) is 31.1 Å². The van der Waals surface area contributed by atoms with E-state index >= 15 is 0 Å². The molecule has 30 nitrogen and oxygen atoms in total. The quantitative estimate of drug-likeness (QED) is 0.0244. The number of unbranched alkanes of at least 4 members (excludes halogenated alkanes) is 1. The summed E-state index contributed by atoms with van der Waals surface area (Å²) in [6.45, 7) is 24.3. The molecule has 6 aliphatic rings. The summed E-state index contributed by atoms with van der Waals surface area (Å²) < 4.78 is 22.4. The van der Waals surface area contributed by atoms with Gasteiger partial charge in [0, 0.05) is 90.2 Å². The Kier molecular flexibility index (Phi) is 29.0. The van der Waals surface area contributed by atoms with Gasteiger partial charge in [-0.1, -0.05) is 33.4 Å². The number of aromatic amines is 1. The molecule has 1 aromatic carbocycles. The number of carboxylic acids is 2. The van der Waals surface area contributed by atoms with Crippen molar-refractivity contribution < 1.29 is 67.8 Å². The van der Waals surface area contributed by atoms with Crippen LogP contribution in [-0.4, -0.2) is 189 Å². The smallest absolute Gasteiger partial charge is 0.326 e. The van der Waals surface area contributed by atoms with Gasteiger partial charge in [-0.05, 0) is 177 Å². The second kappa shape index (κ2) is 38.2. The lowest BCUT2D eigenvalue weighted by Crippen LogP contribution is -2.50. The highest BCUT2D eigenvalue weighted by atomic mass is 16.5. The van der Waals surface area contributed by atoms with Crippen molar-refractivity contribution in [3.05, 3.63) is 156 Å². The number of hydrogen-bond acceptors (Lipinski definition) is 24. The fraction of sp³-hybridized carbons (Fsp3) is 0.494. The molecule has 1 saturated heterocycles. The van der Waals surface area contributed by atoms with Crippen molar-refractivity contribution in [3.63, 3.8) is 0 Å². The minimum atomic E-state index is -1.31. The maximum Gasteiger partial charge on any atom is 0.326 e. The number of H-pyrrole nitrogens is 1. The average molecular weight is 1500 g/mol. The van der Waals surface area contributed by atoms with Crippen LogP contribution in [0.3, 0.4) is 0 Å². The van der Waals surface area contributed by atoms with E-state index in [1.165, 1.54) is 18.3 Å². The largest absolute Gasteiger partial charge is 0.511 e. The number of aliphatic hydroxyl groups is 1. The Morgan fingerprint density at radius 3 is 2.10 bits per heavy atom. The lowest BCUT2D eigenvalue weighted by Gasteiger charge is -2.29. The Hall–Kier alpha value is -10.2. The molecular weight excluding hydrogens is 1400 g/mol. The van der Waals surface area contributed by atoms with Gasteiger partial charge >= 0.3 is 11.9 Å². The Bertz CT molecular complexity index is 4440. The van der Waals surface area contributed by atoms with E-state index in [1.54, 1.807) is 32.9 Å². The highest BCUT2D eigenvalue weighted by Gasteiger charge is 2.42. The molecule has 13 N–H and O–H groups in total. The molecule has 0 spiro atoms.